The second-order valence-corrected chi connectivity index (χ2v) is 6.94. The van der Waals surface area contributed by atoms with Gasteiger partial charge in [-0.25, -0.2) is 0 Å². The van der Waals surface area contributed by atoms with Crippen molar-refractivity contribution < 1.29 is 0 Å². The zero-order valence-corrected chi connectivity index (χ0v) is 9.20. The van der Waals surface area contributed by atoms with E-state index in [0.29, 0.717) is 0 Å². The van der Waals surface area contributed by atoms with E-state index in [2.05, 4.69) is 18.2 Å². The Morgan fingerprint density at radius 1 is 1.08 bits per heavy atom. The third-order valence-electron chi connectivity index (χ3n) is 2.83. The van der Waals surface area contributed by atoms with Crippen LogP contribution in [0.25, 0.3) is 0 Å². The summed E-state index contributed by atoms with van der Waals surface area (Å²) in [6.07, 6.45) is 4.11. The summed E-state index contributed by atoms with van der Waals surface area (Å²) >= 11 is 0. The molecule has 1 heterocycles. The van der Waals surface area contributed by atoms with Gasteiger partial charge in [-0.1, -0.05) is 20.3 Å². The first-order valence-electron chi connectivity index (χ1n) is 5.04. The molecular formula is C9H22N2S. The largest absolute Gasteiger partial charge is 0.283 e. The SMILES string of the molecule is CCS(N)(CC)N1CCCCC1. The second kappa shape index (κ2) is 4.49. The maximum Gasteiger partial charge on any atom is 0.00853 e. The molecule has 1 fully saturated rings. The summed E-state index contributed by atoms with van der Waals surface area (Å²) in [5, 5.41) is 6.38. The van der Waals surface area contributed by atoms with Gasteiger partial charge >= 0.3 is 0 Å². The van der Waals surface area contributed by atoms with E-state index in [-0.39, 0.29) is 0 Å². The normalized spacial score (nSPS) is 22.6. The lowest BCUT2D eigenvalue weighted by Gasteiger charge is -2.46. The zero-order valence-electron chi connectivity index (χ0n) is 8.38. The Morgan fingerprint density at radius 2 is 1.58 bits per heavy atom. The molecule has 12 heavy (non-hydrogen) atoms. The Bertz CT molecular complexity index is 128. The summed E-state index contributed by atoms with van der Waals surface area (Å²) in [5.41, 5.74) is 0. The van der Waals surface area contributed by atoms with E-state index >= 15 is 0 Å². The van der Waals surface area contributed by atoms with Gasteiger partial charge in [-0.2, -0.15) is 0 Å². The fourth-order valence-corrected chi connectivity index (χ4v) is 3.92. The first kappa shape index (κ1) is 10.4. The second-order valence-electron chi connectivity index (χ2n) is 3.47. The maximum absolute atomic E-state index is 6.38. The first-order chi connectivity index (χ1) is 5.73. The molecular weight excluding hydrogens is 168 g/mol. The van der Waals surface area contributed by atoms with E-state index in [1.54, 1.807) is 0 Å². The van der Waals surface area contributed by atoms with E-state index in [4.69, 9.17) is 5.14 Å². The van der Waals surface area contributed by atoms with Crippen LogP contribution in [0.5, 0.6) is 0 Å². The molecule has 0 aliphatic carbocycles. The summed E-state index contributed by atoms with van der Waals surface area (Å²) in [6, 6.07) is 0. The number of hydrogen-bond donors (Lipinski definition) is 1. The van der Waals surface area contributed by atoms with Gasteiger partial charge in [0.1, 0.15) is 0 Å². The van der Waals surface area contributed by atoms with Gasteiger partial charge in [-0.05, 0) is 24.3 Å². The summed E-state index contributed by atoms with van der Waals surface area (Å²) in [5.74, 6) is 2.31. The van der Waals surface area contributed by atoms with E-state index in [9.17, 15) is 0 Å². The van der Waals surface area contributed by atoms with Crippen LogP contribution >= 0.6 is 10.4 Å². The molecule has 1 saturated heterocycles. The van der Waals surface area contributed by atoms with Crippen LogP contribution in [-0.4, -0.2) is 28.9 Å². The fraction of sp³-hybridized carbons (Fsp3) is 1.00. The smallest absolute Gasteiger partial charge is 0.00853 e. The number of nitrogens with zero attached hydrogens (tertiary/aromatic N) is 1. The molecule has 0 aromatic heterocycles. The van der Waals surface area contributed by atoms with Gasteiger partial charge in [0.05, 0.1) is 0 Å². The van der Waals surface area contributed by atoms with Crippen LogP contribution in [0.1, 0.15) is 33.1 Å². The number of rotatable bonds is 3. The quantitative estimate of drug-likeness (QED) is 0.738. The number of hydrogen-bond acceptors (Lipinski definition) is 2. The lowest BCUT2D eigenvalue weighted by molar-refractivity contribution is 0.371. The van der Waals surface area contributed by atoms with Crippen LogP contribution in [0, 0.1) is 0 Å². The Morgan fingerprint density at radius 3 is 2.00 bits per heavy atom. The van der Waals surface area contributed by atoms with Gasteiger partial charge in [-0.3, -0.25) is 9.44 Å². The van der Waals surface area contributed by atoms with Gasteiger partial charge in [0.25, 0.3) is 0 Å². The average molecular weight is 190 g/mol. The average Bonchev–Trinajstić information content (AvgIpc) is 2.18. The highest BCUT2D eigenvalue weighted by atomic mass is 32.3. The monoisotopic (exact) mass is 190 g/mol. The standard InChI is InChI=1S/C9H22N2S/c1-3-12(10,4-2)11-8-6-5-7-9-11/h3-10H2,1-2H3. The first-order valence-corrected chi connectivity index (χ1v) is 7.03. The van der Waals surface area contributed by atoms with Crippen molar-refractivity contribution in [2.75, 3.05) is 24.6 Å². The van der Waals surface area contributed by atoms with Gasteiger partial charge in [0.15, 0.2) is 0 Å². The lowest BCUT2D eigenvalue weighted by Crippen LogP contribution is -2.39. The van der Waals surface area contributed by atoms with Gasteiger partial charge in [0, 0.05) is 13.1 Å². The molecule has 0 amide bonds. The predicted octanol–water partition coefficient (Wildman–Crippen LogP) is 2.11. The van der Waals surface area contributed by atoms with Gasteiger partial charge in [-0.15, -0.1) is 10.4 Å². The summed E-state index contributed by atoms with van der Waals surface area (Å²) in [4.78, 5) is 0. The molecule has 0 bridgehead atoms. The van der Waals surface area contributed by atoms with Crippen LogP contribution in [-0.2, 0) is 0 Å². The van der Waals surface area contributed by atoms with Crippen LogP contribution in [0.2, 0.25) is 0 Å². The Hall–Kier alpha value is 0.270. The maximum atomic E-state index is 6.38. The van der Waals surface area contributed by atoms with E-state index in [1.807, 2.05) is 0 Å². The van der Waals surface area contributed by atoms with E-state index in [0.717, 1.165) is 11.5 Å². The molecule has 0 atom stereocenters. The van der Waals surface area contributed by atoms with Crippen LogP contribution in [0.15, 0.2) is 0 Å². The van der Waals surface area contributed by atoms with Crippen LogP contribution < -0.4 is 5.14 Å². The van der Waals surface area contributed by atoms with Crippen molar-refractivity contribution in [1.29, 1.82) is 0 Å². The molecule has 0 unspecified atom stereocenters. The molecule has 74 valence electrons. The van der Waals surface area contributed by atoms with Crippen LogP contribution in [0.4, 0.5) is 0 Å². The predicted molar refractivity (Wildman–Crippen MR) is 58.3 cm³/mol. The number of nitrogens with two attached hydrogens (primary N) is 1. The minimum Gasteiger partial charge on any atom is -0.283 e. The third kappa shape index (κ3) is 2.15. The molecule has 3 heteroatoms. The Balaban J connectivity index is 2.51. The Kier molecular flexibility index (Phi) is 3.87. The van der Waals surface area contributed by atoms with E-state index in [1.165, 1.54) is 32.4 Å². The molecule has 1 aliphatic heterocycles. The van der Waals surface area contributed by atoms with E-state index < -0.39 is 10.4 Å². The van der Waals surface area contributed by atoms with Crippen molar-refractivity contribution in [2.45, 2.75) is 33.1 Å². The van der Waals surface area contributed by atoms with Crippen LogP contribution in [0.3, 0.4) is 0 Å². The minimum atomic E-state index is -0.883. The summed E-state index contributed by atoms with van der Waals surface area (Å²) < 4.78 is 2.55. The molecule has 2 N–H and O–H groups in total. The lowest BCUT2D eigenvalue weighted by atomic mass is 10.2. The van der Waals surface area contributed by atoms with Crippen molar-refractivity contribution in [3.05, 3.63) is 0 Å². The van der Waals surface area contributed by atoms with Gasteiger partial charge in [0.2, 0.25) is 0 Å². The minimum absolute atomic E-state index is 0.883. The zero-order chi connectivity index (χ0) is 9.03. The molecule has 1 rings (SSSR count). The Labute approximate surface area is 78.1 Å². The van der Waals surface area contributed by atoms with Gasteiger partial charge < -0.3 is 0 Å². The molecule has 0 spiro atoms. The highest BCUT2D eigenvalue weighted by Gasteiger charge is 2.24. The topological polar surface area (TPSA) is 29.3 Å². The summed E-state index contributed by atoms with van der Waals surface area (Å²) in [6.45, 7) is 6.95. The number of piperidine rings is 1. The fourth-order valence-electron chi connectivity index (χ4n) is 1.80. The van der Waals surface area contributed by atoms with Crippen molar-refractivity contribution >= 4 is 10.4 Å². The molecule has 0 aromatic carbocycles. The third-order valence-corrected chi connectivity index (χ3v) is 6.22. The molecule has 2 nitrogen and oxygen atoms in total. The van der Waals surface area contributed by atoms with Crippen molar-refractivity contribution in [3.63, 3.8) is 0 Å². The molecule has 0 radical (unpaired) electrons. The summed E-state index contributed by atoms with van der Waals surface area (Å²) in [7, 11) is -0.883. The van der Waals surface area contributed by atoms with Crippen molar-refractivity contribution in [2.24, 2.45) is 5.14 Å². The highest BCUT2D eigenvalue weighted by molar-refractivity contribution is 8.29. The molecule has 1 aliphatic rings. The highest BCUT2D eigenvalue weighted by Crippen LogP contribution is 2.44. The van der Waals surface area contributed by atoms with Crippen molar-refractivity contribution in [3.8, 4) is 0 Å². The van der Waals surface area contributed by atoms with Crippen molar-refractivity contribution in [1.82, 2.24) is 4.31 Å². The molecule has 0 saturated carbocycles. The molecule has 0 aromatic rings.